The maximum absolute atomic E-state index is 9.92. The molecule has 0 heterocycles. The Hall–Kier alpha value is -3.36. The molecule has 0 saturated heterocycles. The zero-order chi connectivity index (χ0) is 22.3. The van der Waals surface area contributed by atoms with Crippen LogP contribution in [-0.4, -0.2) is 11.7 Å². The lowest BCUT2D eigenvalue weighted by Gasteiger charge is -2.29. The number of aliphatic hydroxyl groups is 1. The molecule has 0 atom stereocenters. The number of aryl methyl sites for hydroxylation is 1. The van der Waals surface area contributed by atoms with Gasteiger partial charge in [-0.2, -0.15) is 0 Å². The zero-order valence-electron chi connectivity index (χ0n) is 19.0. The quantitative estimate of drug-likeness (QED) is 0.323. The van der Waals surface area contributed by atoms with Gasteiger partial charge in [0.05, 0.1) is 6.61 Å². The van der Waals surface area contributed by atoms with Gasteiger partial charge in [-0.05, 0) is 77.6 Å². The SMILES string of the molecule is Cc1ccc(N(c2cccc(C(C)(C)CO)c2)c2ccc3c(c2)Cc2ccccc2-3)cc1. The van der Waals surface area contributed by atoms with Crippen molar-refractivity contribution in [3.8, 4) is 11.1 Å². The zero-order valence-corrected chi connectivity index (χ0v) is 19.0. The second-order valence-corrected chi connectivity index (χ2v) is 9.44. The molecule has 1 aliphatic rings. The van der Waals surface area contributed by atoms with Crippen LogP contribution in [0, 0.1) is 6.92 Å². The summed E-state index contributed by atoms with van der Waals surface area (Å²) in [5.74, 6) is 0. The molecule has 0 spiro atoms. The number of benzene rings is 4. The van der Waals surface area contributed by atoms with Crippen molar-refractivity contribution in [3.05, 3.63) is 113 Å². The molecule has 0 saturated carbocycles. The minimum atomic E-state index is -0.297. The van der Waals surface area contributed by atoms with Crippen molar-refractivity contribution in [1.29, 1.82) is 0 Å². The maximum atomic E-state index is 9.92. The number of nitrogens with zero attached hydrogens (tertiary/aromatic N) is 1. The Balaban J connectivity index is 1.63. The minimum absolute atomic E-state index is 0.109. The molecule has 5 rings (SSSR count). The first-order valence-corrected chi connectivity index (χ1v) is 11.3. The van der Waals surface area contributed by atoms with Gasteiger partial charge in [0.25, 0.3) is 0 Å². The first-order valence-electron chi connectivity index (χ1n) is 11.3. The summed E-state index contributed by atoms with van der Waals surface area (Å²) in [6, 6.07) is 32.8. The number of fused-ring (bicyclic) bond motifs is 3. The fourth-order valence-corrected chi connectivity index (χ4v) is 4.57. The summed E-state index contributed by atoms with van der Waals surface area (Å²) in [4.78, 5) is 2.32. The van der Waals surface area contributed by atoms with E-state index in [-0.39, 0.29) is 12.0 Å². The highest BCUT2D eigenvalue weighted by Gasteiger charge is 2.23. The number of anilines is 3. The summed E-state index contributed by atoms with van der Waals surface area (Å²) in [6.45, 7) is 6.38. The summed E-state index contributed by atoms with van der Waals surface area (Å²) in [7, 11) is 0. The first-order chi connectivity index (χ1) is 15.5. The van der Waals surface area contributed by atoms with Gasteiger partial charge in [-0.25, -0.2) is 0 Å². The minimum Gasteiger partial charge on any atom is -0.395 e. The normalized spacial score (nSPS) is 12.4. The van der Waals surface area contributed by atoms with Gasteiger partial charge in [0, 0.05) is 22.5 Å². The van der Waals surface area contributed by atoms with E-state index in [9.17, 15) is 5.11 Å². The molecule has 160 valence electrons. The molecular formula is C30H29NO. The van der Waals surface area contributed by atoms with Crippen LogP contribution in [0.1, 0.15) is 36.1 Å². The third-order valence-corrected chi connectivity index (χ3v) is 6.61. The molecular weight excluding hydrogens is 390 g/mol. The fourth-order valence-electron chi connectivity index (χ4n) is 4.57. The molecule has 2 nitrogen and oxygen atoms in total. The van der Waals surface area contributed by atoms with Crippen LogP contribution in [0.4, 0.5) is 17.1 Å². The van der Waals surface area contributed by atoms with Gasteiger partial charge in [0.1, 0.15) is 0 Å². The lowest BCUT2D eigenvalue weighted by atomic mass is 9.85. The average Bonchev–Trinajstić information content (AvgIpc) is 3.19. The van der Waals surface area contributed by atoms with Crippen LogP contribution in [0.2, 0.25) is 0 Å². The average molecular weight is 420 g/mol. The van der Waals surface area contributed by atoms with Crippen molar-refractivity contribution in [2.75, 3.05) is 11.5 Å². The molecule has 32 heavy (non-hydrogen) atoms. The molecule has 0 radical (unpaired) electrons. The molecule has 0 bridgehead atoms. The number of hydrogen-bond donors (Lipinski definition) is 1. The van der Waals surface area contributed by atoms with Crippen LogP contribution < -0.4 is 4.90 Å². The molecule has 0 amide bonds. The van der Waals surface area contributed by atoms with Crippen LogP contribution in [0.5, 0.6) is 0 Å². The van der Waals surface area contributed by atoms with E-state index in [4.69, 9.17) is 0 Å². The van der Waals surface area contributed by atoms with Crippen molar-refractivity contribution in [2.24, 2.45) is 0 Å². The van der Waals surface area contributed by atoms with E-state index in [0.717, 1.165) is 29.0 Å². The first kappa shape index (κ1) is 20.5. The van der Waals surface area contributed by atoms with Gasteiger partial charge >= 0.3 is 0 Å². The molecule has 4 aromatic rings. The topological polar surface area (TPSA) is 23.5 Å². The molecule has 1 N–H and O–H groups in total. The molecule has 0 aliphatic heterocycles. The van der Waals surface area contributed by atoms with Crippen molar-refractivity contribution in [3.63, 3.8) is 0 Å². The van der Waals surface area contributed by atoms with E-state index in [1.54, 1.807) is 0 Å². The van der Waals surface area contributed by atoms with Gasteiger partial charge < -0.3 is 10.0 Å². The fraction of sp³-hybridized carbons (Fsp3) is 0.200. The van der Waals surface area contributed by atoms with Crippen LogP contribution >= 0.6 is 0 Å². The van der Waals surface area contributed by atoms with E-state index >= 15 is 0 Å². The standard InChI is InChI=1S/C30H29NO/c1-21-11-13-25(14-12-21)31(26-9-6-8-24(19-26)30(2,3)20-32)27-15-16-29-23(18-27)17-22-7-4-5-10-28(22)29/h4-16,18-19,32H,17,20H2,1-3H3. The van der Waals surface area contributed by atoms with Crippen LogP contribution in [0.3, 0.4) is 0 Å². The Labute approximate surface area is 190 Å². The van der Waals surface area contributed by atoms with E-state index in [1.165, 1.54) is 27.8 Å². The number of aliphatic hydroxyl groups excluding tert-OH is 1. The van der Waals surface area contributed by atoms with E-state index in [2.05, 4.69) is 117 Å². The number of rotatable bonds is 5. The Morgan fingerprint density at radius 1 is 0.719 bits per heavy atom. The third-order valence-electron chi connectivity index (χ3n) is 6.61. The van der Waals surface area contributed by atoms with Gasteiger partial charge in [0.15, 0.2) is 0 Å². The Bertz CT molecular complexity index is 1270. The van der Waals surface area contributed by atoms with E-state index in [0.29, 0.717) is 0 Å². The van der Waals surface area contributed by atoms with Gasteiger partial charge in [-0.1, -0.05) is 74.0 Å². The molecule has 2 heteroatoms. The van der Waals surface area contributed by atoms with Gasteiger partial charge in [-0.15, -0.1) is 0 Å². The van der Waals surface area contributed by atoms with Crippen LogP contribution in [0.15, 0.2) is 91.0 Å². The molecule has 0 aromatic heterocycles. The molecule has 0 unspecified atom stereocenters. The number of hydrogen-bond acceptors (Lipinski definition) is 2. The molecule has 0 fully saturated rings. The van der Waals surface area contributed by atoms with Crippen LogP contribution in [-0.2, 0) is 11.8 Å². The monoisotopic (exact) mass is 419 g/mol. The maximum Gasteiger partial charge on any atom is 0.0522 e. The Morgan fingerprint density at radius 3 is 2.19 bits per heavy atom. The lowest BCUT2D eigenvalue weighted by Crippen LogP contribution is -2.22. The summed E-state index contributed by atoms with van der Waals surface area (Å²) in [5.41, 5.74) is 10.9. The highest BCUT2D eigenvalue weighted by Crippen LogP contribution is 2.42. The van der Waals surface area contributed by atoms with Crippen molar-refractivity contribution in [2.45, 2.75) is 32.6 Å². The molecule has 4 aromatic carbocycles. The summed E-state index contributed by atoms with van der Waals surface area (Å²) < 4.78 is 0. The molecule has 1 aliphatic carbocycles. The largest absolute Gasteiger partial charge is 0.395 e. The predicted molar refractivity (Wildman–Crippen MR) is 134 cm³/mol. The summed E-state index contributed by atoms with van der Waals surface area (Å²) in [5, 5.41) is 9.92. The Morgan fingerprint density at radius 2 is 1.41 bits per heavy atom. The second kappa shape index (κ2) is 7.96. The summed E-state index contributed by atoms with van der Waals surface area (Å²) >= 11 is 0. The van der Waals surface area contributed by atoms with E-state index < -0.39 is 0 Å². The van der Waals surface area contributed by atoms with Crippen molar-refractivity contribution in [1.82, 2.24) is 0 Å². The third kappa shape index (κ3) is 3.61. The highest BCUT2D eigenvalue weighted by atomic mass is 16.3. The highest BCUT2D eigenvalue weighted by molar-refractivity contribution is 5.83. The smallest absolute Gasteiger partial charge is 0.0522 e. The van der Waals surface area contributed by atoms with Gasteiger partial charge in [0.2, 0.25) is 0 Å². The van der Waals surface area contributed by atoms with Crippen molar-refractivity contribution < 1.29 is 5.11 Å². The van der Waals surface area contributed by atoms with Crippen LogP contribution in [0.25, 0.3) is 11.1 Å². The lowest BCUT2D eigenvalue weighted by molar-refractivity contribution is 0.218. The predicted octanol–water partition coefficient (Wildman–Crippen LogP) is 7.31. The second-order valence-electron chi connectivity index (χ2n) is 9.44. The summed E-state index contributed by atoms with van der Waals surface area (Å²) in [6.07, 6.45) is 0.971. The van der Waals surface area contributed by atoms with Gasteiger partial charge in [-0.3, -0.25) is 0 Å². The van der Waals surface area contributed by atoms with Crippen molar-refractivity contribution >= 4 is 17.1 Å². The Kier molecular flexibility index (Phi) is 5.11. The van der Waals surface area contributed by atoms with E-state index in [1.807, 2.05) is 0 Å².